The summed E-state index contributed by atoms with van der Waals surface area (Å²) in [4.78, 5) is 46.1. The van der Waals surface area contributed by atoms with Crippen LogP contribution in [0.3, 0.4) is 0 Å². The minimum Gasteiger partial charge on any atom is -0.508 e. The first kappa shape index (κ1) is 37.2. The second kappa shape index (κ2) is 14.9. The van der Waals surface area contributed by atoms with E-state index >= 15 is 13.2 Å². The Bertz CT molecular complexity index is 2200. The van der Waals surface area contributed by atoms with Gasteiger partial charge in [-0.15, -0.1) is 0 Å². The quantitative estimate of drug-likeness (QED) is 0.201. The number of amides is 3. The number of hydrogen-bond acceptors (Lipinski definition) is 7. The van der Waals surface area contributed by atoms with Gasteiger partial charge in [-0.1, -0.05) is 36.4 Å². The second-order valence-corrected chi connectivity index (χ2v) is 16.3. The zero-order valence-electron chi connectivity index (χ0n) is 31.7. The van der Waals surface area contributed by atoms with Crippen LogP contribution in [0.1, 0.15) is 82.1 Å². The number of rotatable bonds is 7. The van der Waals surface area contributed by atoms with Gasteiger partial charge in [0.2, 0.25) is 11.8 Å². The molecule has 3 atom stereocenters. The number of nitrogens with one attached hydrogen (secondary N) is 1. The van der Waals surface area contributed by atoms with E-state index in [-0.39, 0.29) is 35.1 Å². The normalized spacial score (nSPS) is 24.0. The van der Waals surface area contributed by atoms with Gasteiger partial charge in [-0.2, -0.15) is 0 Å². The van der Waals surface area contributed by atoms with E-state index in [1.165, 1.54) is 12.1 Å². The molecule has 0 radical (unpaired) electrons. The molecule has 3 fully saturated rings. The fourth-order valence-electron chi connectivity index (χ4n) is 9.91. The number of anilines is 2. The SMILES string of the molecule is O=C1CC[C@H](N2Cc3cc(N4CCN(CC5CCN(c6ccc([C@H]7c8ccc(O)cc8C(F)(F)C[C@H]7c7ccccc7F)cc6)CC5)CC4)ccc3C2=O)C(=O)N1. The Morgan fingerprint density at radius 1 is 0.772 bits per heavy atom. The van der Waals surface area contributed by atoms with E-state index in [1.807, 2.05) is 24.3 Å². The molecule has 4 aromatic carbocycles. The third-order valence-corrected chi connectivity index (χ3v) is 12.9. The summed E-state index contributed by atoms with van der Waals surface area (Å²) in [5.74, 6) is -5.47. The number of hydrogen-bond donors (Lipinski definition) is 2. The van der Waals surface area contributed by atoms with Crippen molar-refractivity contribution >= 4 is 29.1 Å². The van der Waals surface area contributed by atoms with Crippen LogP contribution in [-0.2, 0) is 22.1 Å². The lowest BCUT2D eigenvalue weighted by molar-refractivity contribution is -0.136. The molecule has 57 heavy (non-hydrogen) atoms. The minimum atomic E-state index is -3.22. The maximum absolute atomic E-state index is 15.6. The average molecular weight is 778 g/mol. The highest BCUT2D eigenvalue weighted by Crippen LogP contribution is 2.55. The van der Waals surface area contributed by atoms with Crippen molar-refractivity contribution < 1.29 is 32.7 Å². The molecule has 296 valence electrons. The fourth-order valence-corrected chi connectivity index (χ4v) is 9.91. The highest BCUT2D eigenvalue weighted by Gasteiger charge is 2.48. The zero-order valence-corrected chi connectivity index (χ0v) is 31.7. The average Bonchev–Trinajstić information content (AvgIpc) is 3.53. The highest BCUT2D eigenvalue weighted by atomic mass is 19.3. The van der Waals surface area contributed by atoms with Gasteiger partial charge in [0.25, 0.3) is 11.8 Å². The summed E-state index contributed by atoms with van der Waals surface area (Å²) in [5.41, 5.74) is 5.03. The summed E-state index contributed by atoms with van der Waals surface area (Å²) in [6, 6.07) is 23.8. The lowest BCUT2D eigenvalue weighted by atomic mass is 9.67. The van der Waals surface area contributed by atoms with Gasteiger partial charge in [-0.3, -0.25) is 24.6 Å². The topological polar surface area (TPSA) is 96.4 Å². The van der Waals surface area contributed by atoms with Gasteiger partial charge in [0.15, 0.2) is 0 Å². The lowest BCUT2D eigenvalue weighted by Gasteiger charge is -2.40. The molecule has 0 aromatic heterocycles. The van der Waals surface area contributed by atoms with E-state index < -0.39 is 41.9 Å². The van der Waals surface area contributed by atoms with E-state index in [9.17, 15) is 19.5 Å². The molecule has 4 heterocycles. The molecule has 0 unspecified atom stereocenters. The molecule has 1 aliphatic carbocycles. The molecular formula is C45H46F3N5O4. The Balaban J connectivity index is 0.800. The number of fused-ring (bicyclic) bond motifs is 2. The minimum absolute atomic E-state index is 0.156. The third kappa shape index (κ3) is 7.13. The summed E-state index contributed by atoms with van der Waals surface area (Å²) in [6.45, 7) is 6.92. The van der Waals surface area contributed by atoms with Crippen molar-refractivity contribution in [3.05, 3.63) is 124 Å². The van der Waals surface area contributed by atoms with E-state index in [1.54, 1.807) is 29.2 Å². The summed E-state index contributed by atoms with van der Waals surface area (Å²) >= 11 is 0. The molecule has 2 N–H and O–H groups in total. The molecule has 12 heteroatoms. The monoisotopic (exact) mass is 777 g/mol. The van der Waals surface area contributed by atoms with E-state index in [0.717, 1.165) is 87.2 Å². The number of benzene rings is 4. The van der Waals surface area contributed by atoms with Gasteiger partial charge in [0.05, 0.1) is 0 Å². The number of piperidine rings is 2. The summed E-state index contributed by atoms with van der Waals surface area (Å²) in [6.07, 6.45) is 2.16. The van der Waals surface area contributed by atoms with Gasteiger partial charge in [-0.05, 0) is 96.0 Å². The Morgan fingerprint density at radius 3 is 2.23 bits per heavy atom. The van der Waals surface area contributed by atoms with Gasteiger partial charge >= 0.3 is 0 Å². The molecule has 5 aliphatic rings. The predicted octanol–water partition coefficient (Wildman–Crippen LogP) is 6.74. The maximum atomic E-state index is 15.6. The van der Waals surface area contributed by atoms with Crippen molar-refractivity contribution in [1.29, 1.82) is 0 Å². The summed E-state index contributed by atoms with van der Waals surface area (Å²) < 4.78 is 46.3. The second-order valence-electron chi connectivity index (χ2n) is 16.3. The number of phenols is 1. The number of halogens is 3. The molecule has 4 aromatic rings. The van der Waals surface area contributed by atoms with Crippen LogP contribution in [-0.4, -0.2) is 84.5 Å². The van der Waals surface area contributed by atoms with Crippen molar-refractivity contribution in [2.24, 2.45) is 5.92 Å². The Hall–Kier alpha value is -5.36. The van der Waals surface area contributed by atoms with Crippen LogP contribution in [0, 0.1) is 11.7 Å². The Morgan fingerprint density at radius 2 is 1.49 bits per heavy atom. The van der Waals surface area contributed by atoms with Crippen LogP contribution in [0.15, 0.2) is 84.9 Å². The maximum Gasteiger partial charge on any atom is 0.274 e. The van der Waals surface area contributed by atoms with Gasteiger partial charge in [0.1, 0.15) is 17.6 Å². The van der Waals surface area contributed by atoms with E-state index in [4.69, 9.17) is 0 Å². The molecule has 9 nitrogen and oxygen atoms in total. The van der Waals surface area contributed by atoms with Gasteiger partial charge in [0, 0.05) is 99.5 Å². The molecule has 0 bridgehead atoms. The van der Waals surface area contributed by atoms with Crippen LogP contribution in [0.25, 0.3) is 0 Å². The van der Waals surface area contributed by atoms with E-state index in [2.05, 4.69) is 38.2 Å². The Labute approximate surface area is 330 Å². The number of carbonyl (C=O) groups excluding carboxylic acids is 3. The van der Waals surface area contributed by atoms with Crippen LogP contribution < -0.4 is 15.1 Å². The van der Waals surface area contributed by atoms with Crippen LogP contribution in [0.4, 0.5) is 24.5 Å². The number of piperazine rings is 1. The molecule has 0 saturated carbocycles. The standard InChI is InChI=1S/C45H46F3N5O4/c46-39-4-2-1-3-35(39)37-25-45(47,48)38-24-33(54)10-12-36(38)42(37)29-5-7-31(8-6-29)51-17-15-28(16-18-51)26-50-19-21-52(22-20-50)32-9-11-34-30(23-32)27-53(44(34)57)40-13-14-41(55)49-43(40)56/h1-12,23-24,28,37,40,42,54H,13-22,25-27H2,(H,49,55,56)/t37-,40-,42-/m0/s1. The number of alkyl halides is 2. The van der Waals surface area contributed by atoms with Crippen LogP contribution in [0.2, 0.25) is 0 Å². The van der Waals surface area contributed by atoms with Crippen molar-refractivity contribution in [3.8, 4) is 5.75 Å². The van der Waals surface area contributed by atoms with Crippen molar-refractivity contribution in [1.82, 2.24) is 15.1 Å². The van der Waals surface area contributed by atoms with Crippen molar-refractivity contribution in [2.45, 2.75) is 62.4 Å². The molecule has 9 rings (SSSR count). The zero-order chi connectivity index (χ0) is 39.4. The number of phenolic OH excluding ortho intramolecular Hbond substituents is 1. The molecule has 4 aliphatic heterocycles. The first-order valence-corrected chi connectivity index (χ1v) is 20.1. The number of aromatic hydroxyl groups is 1. The van der Waals surface area contributed by atoms with E-state index in [0.29, 0.717) is 30.0 Å². The number of nitrogens with zero attached hydrogens (tertiary/aromatic N) is 4. The molecule has 3 amide bonds. The van der Waals surface area contributed by atoms with Gasteiger partial charge < -0.3 is 19.8 Å². The highest BCUT2D eigenvalue weighted by molar-refractivity contribution is 6.05. The Kier molecular flexibility index (Phi) is 9.71. The number of carbonyl (C=O) groups is 3. The summed E-state index contributed by atoms with van der Waals surface area (Å²) in [5, 5.41) is 12.5. The molecule has 0 spiro atoms. The summed E-state index contributed by atoms with van der Waals surface area (Å²) in [7, 11) is 0. The lowest BCUT2D eigenvalue weighted by Crippen LogP contribution is -2.52. The third-order valence-electron chi connectivity index (χ3n) is 12.9. The van der Waals surface area contributed by atoms with Crippen LogP contribution in [0.5, 0.6) is 5.75 Å². The molecule has 3 saturated heterocycles. The largest absolute Gasteiger partial charge is 0.508 e. The van der Waals surface area contributed by atoms with Gasteiger partial charge in [-0.25, -0.2) is 13.2 Å². The number of imide groups is 1. The van der Waals surface area contributed by atoms with Crippen LogP contribution >= 0.6 is 0 Å². The van der Waals surface area contributed by atoms with Crippen molar-refractivity contribution in [2.75, 3.05) is 55.6 Å². The fraction of sp³-hybridized carbons (Fsp3) is 0.400. The smallest absolute Gasteiger partial charge is 0.274 e. The first-order chi connectivity index (χ1) is 27.5. The first-order valence-electron chi connectivity index (χ1n) is 20.1. The predicted molar refractivity (Wildman–Crippen MR) is 210 cm³/mol. The molecular weight excluding hydrogens is 732 g/mol. The van der Waals surface area contributed by atoms with Crippen molar-refractivity contribution in [3.63, 3.8) is 0 Å².